The Morgan fingerprint density at radius 3 is 2.77 bits per heavy atom. The van der Waals surface area contributed by atoms with Crippen LogP contribution in [0.1, 0.15) is 18.2 Å². The van der Waals surface area contributed by atoms with E-state index in [1.807, 2.05) is 19.2 Å². The van der Waals surface area contributed by atoms with Crippen LogP contribution in [0.5, 0.6) is 0 Å². The summed E-state index contributed by atoms with van der Waals surface area (Å²) in [6.07, 6.45) is 1.58. The molecule has 2 aliphatic rings. The van der Waals surface area contributed by atoms with E-state index in [2.05, 4.69) is 36.2 Å². The number of aromatic nitrogens is 5. The summed E-state index contributed by atoms with van der Waals surface area (Å²) < 4.78 is 7.17. The number of pyridine rings is 1. The lowest BCUT2D eigenvalue weighted by Crippen LogP contribution is -2.33. The van der Waals surface area contributed by atoms with E-state index in [1.54, 1.807) is 4.57 Å². The summed E-state index contributed by atoms with van der Waals surface area (Å²) in [6, 6.07) is 4.25. The third kappa shape index (κ3) is 3.59. The fourth-order valence-corrected chi connectivity index (χ4v) is 4.18. The van der Waals surface area contributed by atoms with Gasteiger partial charge in [-0.25, -0.2) is 19.9 Å². The van der Waals surface area contributed by atoms with Crippen LogP contribution in [0.15, 0.2) is 31.0 Å². The number of hydrogen-bond donors (Lipinski definition) is 4. The van der Waals surface area contributed by atoms with Gasteiger partial charge in [0.05, 0.1) is 12.9 Å². The van der Waals surface area contributed by atoms with Gasteiger partial charge in [0.25, 0.3) is 0 Å². The molecule has 5 heterocycles. The standard InChI is InChI=1S/C20H25N7O4/c1-11-2-3-14(21-6-11)26-5-4-12(7-26)25-18-15-19(23-9-22-18)27(10-24-15)20-17(30)16(29)13(8-28)31-20/h2-3,6,9-10,12-13,16-17,20,28-30H,4-5,7-8H2,1H3,(H,22,23,25)/t12-,13+,16+,17?,20+/m0/s1. The number of fused-ring (bicyclic) bond motifs is 1. The van der Waals surface area contributed by atoms with Crippen LogP contribution in [0.3, 0.4) is 0 Å². The Labute approximate surface area is 178 Å². The van der Waals surface area contributed by atoms with E-state index in [0.29, 0.717) is 17.0 Å². The van der Waals surface area contributed by atoms with Gasteiger partial charge in [0.15, 0.2) is 23.2 Å². The van der Waals surface area contributed by atoms with Gasteiger partial charge in [-0.2, -0.15) is 0 Å². The molecule has 2 aliphatic heterocycles. The van der Waals surface area contributed by atoms with Crippen LogP contribution < -0.4 is 10.2 Å². The Hall–Kier alpha value is -2.86. The molecule has 0 amide bonds. The minimum atomic E-state index is -1.20. The van der Waals surface area contributed by atoms with Crippen molar-refractivity contribution in [2.24, 2.45) is 0 Å². The fourth-order valence-electron chi connectivity index (χ4n) is 4.18. The summed E-state index contributed by atoms with van der Waals surface area (Å²) >= 11 is 0. The first-order valence-electron chi connectivity index (χ1n) is 10.3. The van der Waals surface area contributed by atoms with Crippen molar-refractivity contribution in [2.75, 3.05) is 29.9 Å². The molecule has 0 bridgehead atoms. The number of aryl methyl sites for hydroxylation is 1. The first kappa shape index (κ1) is 20.1. The van der Waals surface area contributed by atoms with E-state index in [1.165, 1.54) is 12.7 Å². The summed E-state index contributed by atoms with van der Waals surface area (Å²) in [5.41, 5.74) is 2.15. The molecule has 1 unspecified atom stereocenters. The zero-order valence-electron chi connectivity index (χ0n) is 17.0. The van der Waals surface area contributed by atoms with Crippen molar-refractivity contribution in [1.82, 2.24) is 24.5 Å². The number of aliphatic hydroxyl groups is 3. The van der Waals surface area contributed by atoms with Crippen molar-refractivity contribution in [3.8, 4) is 0 Å². The molecular weight excluding hydrogens is 402 g/mol. The number of aliphatic hydroxyl groups excluding tert-OH is 3. The number of ether oxygens (including phenoxy) is 1. The third-order valence-corrected chi connectivity index (χ3v) is 5.90. The van der Waals surface area contributed by atoms with Gasteiger partial charge in [0.2, 0.25) is 0 Å². The molecule has 0 aromatic carbocycles. The Balaban J connectivity index is 1.34. The van der Waals surface area contributed by atoms with Crippen molar-refractivity contribution >= 4 is 22.8 Å². The van der Waals surface area contributed by atoms with Crippen LogP contribution in [-0.4, -0.2) is 83.9 Å². The van der Waals surface area contributed by atoms with Gasteiger partial charge in [-0.1, -0.05) is 6.07 Å². The predicted octanol–water partition coefficient (Wildman–Crippen LogP) is -0.168. The van der Waals surface area contributed by atoms with E-state index in [9.17, 15) is 15.3 Å². The quantitative estimate of drug-likeness (QED) is 0.434. The lowest BCUT2D eigenvalue weighted by Gasteiger charge is -2.18. The number of nitrogens with zero attached hydrogens (tertiary/aromatic N) is 6. The van der Waals surface area contributed by atoms with Gasteiger partial charge in [-0.15, -0.1) is 0 Å². The van der Waals surface area contributed by atoms with Crippen LogP contribution >= 0.6 is 0 Å². The smallest absolute Gasteiger partial charge is 0.167 e. The topological polar surface area (TPSA) is 142 Å². The highest BCUT2D eigenvalue weighted by atomic mass is 16.6. The third-order valence-electron chi connectivity index (χ3n) is 5.90. The molecule has 0 radical (unpaired) electrons. The normalized spacial score (nSPS) is 28.5. The second-order valence-corrected chi connectivity index (χ2v) is 8.04. The number of nitrogens with one attached hydrogen (secondary N) is 1. The number of anilines is 2. The Bertz CT molecular complexity index is 1060. The van der Waals surface area contributed by atoms with Crippen molar-refractivity contribution in [3.63, 3.8) is 0 Å². The zero-order valence-corrected chi connectivity index (χ0v) is 17.0. The van der Waals surface area contributed by atoms with Crippen LogP contribution in [0.4, 0.5) is 11.6 Å². The van der Waals surface area contributed by atoms with E-state index < -0.39 is 31.1 Å². The van der Waals surface area contributed by atoms with E-state index >= 15 is 0 Å². The first-order chi connectivity index (χ1) is 15.0. The van der Waals surface area contributed by atoms with Crippen molar-refractivity contribution < 1.29 is 20.1 Å². The Morgan fingerprint density at radius 1 is 1.16 bits per heavy atom. The number of imidazole rings is 1. The van der Waals surface area contributed by atoms with Crippen LogP contribution in [-0.2, 0) is 4.74 Å². The maximum absolute atomic E-state index is 10.3. The highest BCUT2D eigenvalue weighted by Crippen LogP contribution is 2.32. The molecule has 3 aromatic heterocycles. The SMILES string of the molecule is Cc1ccc(N2CC[C@H](Nc3ncnc4c3ncn4[C@@H]3O[C@H](CO)[C@@H](O)C3O)C2)nc1. The average molecular weight is 427 g/mol. The maximum Gasteiger partial charge on any atom is 0.167 e. The van der Waals surface area contributed by atoms with Gasteiger partial charge < -0.3 is 30.3 Å². The summed E-state index contributed by atoms with van der Waals surface area (Å²) in [4.78, 5) is 19.8. The van der Waals surface area contributed by atoms with Crippen LogP contribution in [0.25, 0.3) is 11.2 Å². The lowest BCUT2D eigenvalue weighted by molar-refractivity contribution is -0.0511. The molecule has 11 nitrogen and oxygen atoms in total. The molecule has 2 fully saturated rings. The molecule has 0 spiro atoms. The molecule has 2 saturated heterocycles. The second kappa shape index (κ2) is 8.00. The summed E-state index contributed by atoms with van der Waals surface area (Å²) in [6.45, 7) is 3.30. The van der Waals surface area contributed by atoms with Gasteiger partial charge in [-0.05, 0) is 25.0 Å². The van der Waals surface area contributed by atoms with E-state index in [-0.39, 0.29) is 6.04 Å². The predicted molar refractivity (Wildman–Crippen MR) is 112 cm³/mol. The molecule has 3 aromatic rings. The molecule has 164 valence electrons. The highest BCUT2D eigenvalue weighted by Gasteiger charge is 2.44. The van der Waals surface area contributed by atoms with Crippen molar-refractivity contribution in [1.29, 1.82) is 0 Å². The molecule has 5 rings (SSSR count). The molecule has 0 aliphatic carbocycles. The molecule has 0 saturated carbocycles. The maximum atomic E-state index is 10.3. The lowest BCUT2D eigenvalue weighted by atomic mass is 10.1. The molecule has 4 N–H and O–H groups in total. The molecule has 5 atom stereocenters. The van der Waals surface area contributed by atoms with Crippen LogP contribution in [0.2, 0.25) is 0 Å². The summed E-state index contributed by atoms with van der Waals surface area (Å²) in [5, 5.41) is 33.2. The minimum Gasteiger partial charge on any atom is -0.394 e. The molecule has 11 heteroatoms. The van der Waals surface area contributed by atoms with Gasteiger partial charge >= 0.3 is 0 Å². The number of rotatable bonds is 5. The summed E-state index contributed by atoms with van der Waals surface area (Å²) in [5.74, 6) is 1.55. The van der Waals surface area contributed by atoms with Crippen molar-refractivity contribution in [2.45, 2.75) is 43.9 Å². The number of hydrogen-bond acceptors (Lipinski definition) is 10. The Kier molecular flexibility index (Phi) is 5.18. The zero-order chi connectivity index (χ0) is 21.5. The van der Waals surface area contributed by atoms with Gasteiger partial charge in [0, 0.05) is 25.3 Å². The van der Waals surface area contributed by atoms with Gasteiger partial charge in [0.1, 0.15) is 30.5 Å². The van der Waals surface area contributed by atoms with Crippen LogP contribution in [0, 0.1) is 6.92 Å². The molecular formula is C20H25N7O4. The fraction of sp³-hybridized carbons (Fsp3) is 0.500. The van der Waals surface area contributed by atoms with E-state index in [4.69, 9.17) is 4.74 Å². The average Bonchev–Trinajstić information content (AvgIpc) is 3.48. The summed E-state index contributed by atoms with van der Waals surface area (Å²) in [7, 11) is 0. The minimum absolute atomic E-state index is 0.167. The molecule has 31 heavy (non-hydrogen) atoms. The van der Waals surface area contributed by atoms with Crippen molar-refractivity contribution in [3.05, 3.63) is 36.5 Å². The van der Waals surface area contributed by atoms with E-state index in [0.717, 1.165) is 30.9 Å². The van der Waals surface area contributed by atoms with Gasteiger partial charge in [-0.3, -0.25) is 4.57 Å². The largest absolute Gasteiger partial charge is 0.394 e. The monoisotopic (exact) mass is 427 g/mol. The Morgan fingerprint density at radius 2 is 2.03 bits per heavy atom. The highest BCUT2D eigenvalue weighted by molar-refractivity contribution is 5.83. The second-order valence-electron chi connectivity index (χ2n) is 8.04. The first-order valence-corrected chi connectivity index (χ1v) is 10.3.